The second-order valence-electron chi connectivity index (χ2n) is 13.8. The van der Waals surface area contributed by atoms with Crippen LogP contribution in [0.3, 0.4) is 0 Å². The fraction of sp³-hybridized carbons (Fsp3) is 0.647. The molecule has 0 aliphatic carbocycles. The summed E-state index contributed by atoms with van der Waals surface area (Å²) in [5, 5.41) is 0. The SMILES string of the molecule is CC(C)(C)c1ccc(OCCOCCOCCOc2ccc(C(C)(C)C)cc2S(=O)(=O)N2CCOCC2)c(S(=O)(=O)N2CCOCC2)c1. The number of morpholine rings is 2. The summed E-state index contributed by atoms with van der Waals surface area (Å²) in [6, 6.07) is 10.6. The van der Waals surface area contributed by atoms with Gasteiger partial charge in [-0.2, -0.15) is 8.61 Å². The largest absolute Gasteiger partial charge is 0.490 e. The minimum atomic E-state index is -3.77. The molecule has 2 aromatic rings. The summed E-state index contributed by atoms with van der Waals surface area (Å²) in [4.78, 5) is 0.295. The highest BCUT2D eigenvalue weighted by molar-refractivity contribution is 7.89. The van der Waals surface area contributed by atoms with E-state index in [1.54, 1.807) is 24.3 Å². The lowest BCUT2D eigenvalue weighted by Gasteiger charge is -2.28. The maximum Gasteiger partial charge on any atom is 0.246 e. The Morgan fingerprint density at radius 2 is 0.896 bits per heavy atom. The minimum absolute atomic E-state index is 0.147. The van der Waals surface area contributed by atoms with Crippen molar-refractivity contribution in [1.82, 2.24) is 8.61 Å². The molecular weight excluding hydrogens is 661 g/mol. The van der Waals surface area contributed by atoms with Crippen molar-refractivity contribution in [2.75, 3.05) is 92.2 Å². The first kappa shape index (κ1) is 38.5. The predicted octanol–water partition coefficient (Wildman–Crippen LogP) is 3.81. The van der Waals surface area contributed by atoms with Crippen LogP contribution >= 0.6 is 0 Å². The smallest absolute Gasteiger partial charge is 0.246 e. The van der Waals surface area contributed by atoms with Gasteiger partial charge in [-0.15, -0.1) is 0 Å². The van der Waals surface area contributed by atoms with Gasteiger partial charge >= 0.3 is 0 Å². The molecule has 0 spiro atoms. The molecule has 48 heavy (non-hydrogen) atoms. The third-order valence-electron chi connectivity index (χ3n) is 8.14. The van der Waals surface area contributed by atoms with Crippen LogP contribution in [0.4, 0.5) is 0 Å². The summed E-state index contributed by atoms with van der Waals surface area (Å²) >= 11 is 0. The van der Waals surface area contributed by atoms with Crippen LogP contribution in [0.5, 0.6) is 11.5 Å². The highest BCUT2D eigenvalue weighted by atomic mass is 32.2. The van der Waals surface area contributed by atoms with Gasteiger partial charge in [0.05, 0.1) is 52.9 Å². The van der Waals surface area contributed by atoms with E-state index < -0.39 is 20.0 Å². The molecule has 0 atom stereocenters. The molecule has 2 aliphatic rings. The van der Waals surface area contributed by atoms with Crippen molar-refractivity contribution in [1.29, 1.82) is 0 Å². The van der Waals surface area contributed by atoms with E-state index in [-0.39, 0.29) is 58.5 Å². The Hall–Kier alpha value is -2.30. The van der Waals surface area contributed by atoms with Crippen molar-refractivity contribution >= 4 is 20.0 Å². The molecule has 0 radical (unpaired) electrons. The number of rotatable bonds is 15. The van der Waals surface area contributed by atoms with Gasteiger partial charge < -0.3 is 28.4 Å². The van der Waals surface area contributed by atoms with E-state index in [1.807, 2.05) is 53.7 Å². The minimum Gasteiger partial charge on any atom is -0.490 e. The lowest BCUT2D eigenvalue weighted by atomic mass is 9.87. The van der Waals surface area contributed by atoms with Crippen molar-refractivity contribution in [3.8, 4) is 11.5 Å². The number of benzene rings is 2. The number of hydrogen-bond acceptors (Lipinski definition) is 10. The Kier molecular flexibility index (Phi) is 13.3. The van der Waals surface area contributed by atoms with Gasteiger partial charge in [0.15, 0.2) is 0 Å². The summed E-state index contributed by atoms with van der Waals surface area (Å²) in [5.74, 6) is 0.578. The van der Waals surface area contributed by atoms with E-state index >= 15 is 0 Å². The fourth-order valence-corrected chi connectivity index (χ4v) is 8.32. The van der Waals surface area contributed by atoms with Crippen LogP contribution in [-0.2, 0) is 49.8 Å². The maximum atomic E-state index is 13.5. The van der Waals surface area contributed by atoms with Gasteiger partial charge in [0, 0.05) is 26.2 Å². The molecule has 0 amide bonds. The molecule has 2 fully saturated rings. The molecule has 12 nitrogen and oxygen atoms in total. The van der Waals surface area contributed by atoms with Gasteiger partial charge in [0.25, 0.3) is 0 Å². The Morgan fingerprint density at radius 3 is 1.23 bits per heavy atom. The number of hydrogen-bond donors (Lipinski definition) is 0. The molecule has 2 saturated heterocycles. The standard InChI is InChI=1S/C34H52N2O10S2/c1-33(2,3)27-7-9-29(31(25-27)47(37,38)35-11-15-41-16-12-35)45-23-21-43-19-20-44-22-24-46-30-10-8-28(34(4,5)6)26-32(30)48(39,40)36-13-17-42-18-14-36/h7-10,25-26H,11-24H2,1-6H3. The number of ether oxygens (including phenoxy) is 6. The van der Waals surface area contributed by atoms with E-state index in [0.717, 1.165) is 11.1 Å². The molecule has 14 heteroatoms. The van der Waals surface area contributed by atoms with Crippen LogP contribution in [0, 0.1) is 0 Å². The molecule has 2 aromatic carbocycles. The average molecular weight is 713 g/mol. The zero-order chi connectivity index (χ0) is 35.0. The molecule has 0 N–H and O–H groups in total. The first-order valence-corrected chi connectivity index (χ1v) is 19.4. The van der Waals surface area contributed by atoms with E-state index in [2.05, 4.69) is 0 Å². The van der Waals surface area contributed by atoms with Crippen molar-refractivity contribution in [2.45, 2.75) is 62.2 Å². The molecule has 0 bridgehead atoms. The quantitative estimate of drug-likeness (QED) is 0.252. The lowest BCUT2D eigenvalue weighted by molar-refractivity contribution is 0.0268. The molecule has 0 aromatic heterocycles. The molecular formula is C34H52N2O10S2. The van der Waals surface area contributed by atoms with Crippen LogP contribution in [0.2, 0.25) is 0 Å². The zero-order valence-corrected chi connectivity index (χ0v) is 30.8. The molecule has 2 aliphatic heterocycles. The van der Waals surface area contributed by atoms with Crippen LogP contribution in [-0.4, -0.2) is 118 Å². The average Bonchev–Trinajstić information content (AvgIpc) is 3.05. The van der Waals surface area contributed by atoms with Crippen molar-refractivity contribution < 1.29 is 45.3 Å². The Morgan fingerprint density at radius 1 is 0.562 bits per heavy atom. The lowest BCUT2D eigenvalue weighted by Crippen LogP contribution is -2.40. The Labute approximate surface area is 286 Å². The first-order chi connectivity index (χ1) is 22.6. The van der Waals surface area contributed by atoms with E-state index in [1.165, 1.54) is 8.61 Å². The van der Waals surface area contributed by atoms with Crippen molar-refractivity contribution in [2.24, 2.45) is 0 Å². The molecule has 0 unspecified atom stereocenters. The van der Waals surface area contributed by atoms with Gasteiger partial charge in [0.2, 0.25) is 20.0 Å². The van der Waals surface area contributed by atoms with Crippen molar-refractivity contribution in [3.63, 3.8) is 0 Å². The van der Waals surface area contributed by atoms with Crippen LogP contribution in [0.15, 0.2) is 46.2 Å². The van der Waals surface area contributed by atoms with Gasteiger partial charge in [-0.25, -0.2) is 16.8 Å². The summed E-state index contributed by atoms with van der Waals surface area (Å²) in [7, 11) is -7.53. The van der Waals surface area contributed by atoms with Crippen LogP contribution in [0.1, 0.15) is 52.7 Å². The molecule has 4 rings (SSSR count). The van der Waals surface area contributed by atoms with Crippen LogP contribution < -0.4 is 9.47 Å². The monoisotopic (exact) mass is 712 g/mol. The summed E-state index contributed by atoms with van der Waals surface area (Å²) < 4.78 is 90.8. The Balaban J connectivity index is 1.24. The summed E-state index contributed by atoms with van der Waals surface area (Å²) in [5.41, 5.74) is 1.33. The van der Waals surface area contributed by atoms with E-state index in [4.69, 9.17) is 28.4 Å². The summed E-state index contributed by atoms with van der Waals surface area (Å²) in [6.07, 6.45) is 0. The maximum absolute atomic E-state index is 13.5. The van der Waals surface area contributed by atoms with Crippen LogP contribution in [0.25, 0.3) is 0 Å². The number of sulfonamides is 2. The highest BCUT2D eigenvalue weighted by Gasteiger charge is 2.32. The normalized spacial score (nSPS) is 17.4. The second kappa shape index (κ2) is 16.6. The Bertz CT molecular complexity index is 1440. The van der Waals surface area contributed by atoms with E-state index in [9.17, 15) is 16.8 Å². The molecule has 0 saturated carbocycles. The summed E-state index contributed by atoms with van der Waals surface area (Å²) in [6.45, 7) is 16.2. The van der Waals surface area contributed by atoms with E-state index in [0.29, 0.717) is 65.8 Å². The second-order valence-corrected chi connectivity index (χ2v) is 17.6. The van der Waals surface area contributed by atoms with Gasteiger partial charge in [-0.3, -0.25) is 0 Å². The molecule has 2 heterocycles. The third-order valence-corrected chi connectivity index (χ3v) is 12.0. The van der Waals surface area contributed by atoms with Crippen molar-refractivity contribution in [3.05, 3.63) is 47.5 Å². The first-order valence-electron chi connectivity index (χ1n) is 16.5. The van der Waals surface area contributed by atoms with Gasteiger partial charge in [-0.1, -0.05) is 53.7 Å². The highest BCUT2D eigenvalue weighted by Crippen LogP contribution is 2.34. The fourth-order valence-electron chi connectivity index (χ4n) is 5.19. The topological polar surface area (TPSA) is 130 Å². The number of nitrogens with zero attached hydrogens (tertiary/aromatic N) is 2. The van der Waals surface area contributed by atoms with Gasteiger partial charge in [-0.05, 0) is 46.2 Å². The molecule has 270 valence electrons. The third kappa shape index (κ3) is 10.1. The predicted molar refractivity (Wildman–Crippen MR) is 182 cm³/mol. The zero-order valence-electron chi connectivity index (χ0n) is 29.2. The van der Waals surface area contributed by atoms with Gasteiger partial charge in [0.1, 0.15) is 34.5 Å².